The molecule has 1 amide bonds. The highest BCUT2D eigenvalue weighted by Crippen LogP contribution is 2.08. The lowest BCUT2D eigenvalue weighted by atomic mass is 10.2. The smallest absolute Gasteiger partial charge is 0.224 e. The molecule has 16 heavy (non-hydrogen) atoms. The molecule has 0 aromatic rings. The molecule has 0 aromatic heterocycles. The Bertz CT molecular complexity index is 191. The van der Waals surface area contributed by atoms with Crippen LogP contribution in [0.4, 0.5) is 0 Å². The first-order valence-electron chi connectivity index (χ1n) is 6.32. The minimum atomic E-state index is -0.152. The molecular weight excluding hydrogens is 202 g/mol. The van der Waals surface area contributed by atoms with E-state index in [1.807, 2.05) is 25.7 Å². The minimum Gasteiger partial charge on any atom is -0.375 e. The van der Waals surface area contributed by atoms with Gasteiger partial charge < -0.3 is 9.64 Å². The fourth-order valence-corrected chi connectivity index (χ4v) is 1.50. The van der Waals surface area contributed by atoms with Gasteiger partial charge in [-0.3, -0.25) is 4.79 Å². The fraction of sp³-hybridized carbons (Fsp3) is 0.923. The molecule has 0 bridgehead atoms. The van der Waals surface area contributed by atoms with Gasteiger partial charge in [-0.25, -0.2) is 0 Å². The van der Waals surface area contributed by atoms with Crippen LogP contribution in [0, 0.1) is 0 Å². The summed E-state index contributed by atoms with van der Waals surface area (Å²) < 4.78 is 5.56. The predicted octanol–water partition coefficient (Wildman–Crippen LogP) is 2.84. The average Bonchev–Trinajstić information content (AvgIpc) is 2.15. The van der Waals surface area contributed by atoms with Gasteiger partial charge in [-0.05, 0) is 33.6 Å². The van der Waals surface area contributed by atoms with E-state index >= 15 is 0 Å². The van der Waals surface area contributed by atoms with Gasteiger partial charge in [0, 0.05) is 13.1 Å². The molecule has 0 atom stereocenters. The fourth-order valence-electron chi connectivity index (χ4n) is 1.50. The molecule has 0 saturated carbocycles. The van der Waals surface area contributed by atoms with Crippen molar-refractivity contribution in [1.82, 2.24) is 4.90 Å². The minimum absolute atomic E-state index is 0.152. The molecule has 0 N–H and O–H groups in total. The van der Waals surface area contributed by atoms with E-state index in [0.717, 1.165) is 25.9 Å². The molecule has 0 aromatic carbocycles. The van der Waals surface area contributed by atoms with E-state index in [2.05, 4.69) is 13.8 Å². The third-order valence-corrected chi connectivity index (χ3v) is 2.19. The summed E-state index contributed by atoms with van der Waals surface area (Å²) in [5, 5.41) is 0. The molecule has 3 heteroatoms. The Labute approximate surface area is 100 Å². The zero-order valence-electron chi connectivity index (χ0n) is 11.5. The number of ether oxygens (including phenoxy) is 1. The van der Waals surface area contributed by atoms with Crippen LogP contribution in [0.2, 0.25) is 0 Å². The summed E-state index contributed by atoms with van der Waals surface area (Å²) in [6.45, 7) is 12.5. The van der Waals surface area contributed by atoms with Gasteiger partial charge in [0.15, 0.2) is 0 Å². The summed E-state index contributed by atoms with van der Waals surface area (Å²) in [5.41, 5.74) is -0.152. The molecule has 0 radical (unpaired) electrons. The van der Waals surface area contributed by atoms with Crippen molar-refractivity contribution in [2.24, 2.45) is 0 Å². The Hall–Kier alpha value is -0.570. The van der Waals surface area contributed by atoms with Crippen molar-refractivity contribution in [2.75, 3.05) is 19.7 Å². The predicted molar refractivity (Wildman–Crippen MR) is 67.5 cm³/mol. The Morgan fingerprint density at radius 2 is 1.62 bits per heavy atom. The van der Waals surface area contributed by atoms with Crippen LogP contribution >= 0.6 is 0 Å². The molecule has 0 aliphatic carbocycles. The van der Waals surface area contributed by atoms with Crippen LogP contribution in [0.25, 0.3) is 0 Å². The van der Waals surface area contributed by atoms with Crippen LogP contribution in [0.3, 0.4) is 0 Å². The zero-order valence-corrected chi connectivity index (χ0v) is 11.5. The average molecular weight is 229 g/mol. The topological polar surface area (TPSA) is 29.5 Å². The Kier molecular flexibility index (Phi) is 7.39. The van der Waals surface area contributed by atoms with Gasteiger partial charge in [-0.2, -0.15) is 0 Å². The van der Waals surface area contributed by atoms with E-state index in [0.29, 0.717) is 13.0 Å². The van der Waals surface area contributed by atoms with E-state index < -0.39 is 0 Å². The van der Waals surface area contributed by atoms with Crippen LogP contribution in [0.5, 0.6) is 0 Å². The maximum atomic E-state index is 11.9. The molecule has 96 valence electrons. The number of carbonyl (C=O) groups is 1. The van der Waals surface area contributed by atoms with E-state index in [4.69, 9.17) is 4.74 Å². The van der Waals surface area contributed by atoms with Crippen molar-refractivity contribution in [3.05, 3.63) is 0 Å². The SMILES string of the molecule is CCCN(CCC)C(=O)CCOC(C)(C)C. The molecule has 0 spiro atoms. The van der Waals surface area contributed by atoms with Crippen molar-refractivity contribution in [1.29, 1.82) is 0 Å². The van der Waals surface area contributed by atoms with E-state index in [-0.39, 0.29) is 11.5 Å². The molecule has 0 rings (SSSR count). The van der Waals surface area contributed by atoms with Crippen LogP contribution < -0.4 is 0 Å². The molecule has 0 aliphatic rings. The van der Waals surface area contributed by atoms with E-state index in [9.17, 15) is 4.79 Å². The van der Waals surface area contributed by atoms with Crippen LogP contribution in [-0.4, -0.2) is 36.1 Å². The lowest BCUT2D eigenvalue weighted by Crippen LogP contribution is -2.33. The van der Waals surface area contributed by atoms with Gasteiger partial charge in [0.25, 0.3) is 0 Å². The summed E-state index contributed by atoms with van der Waals surface area (Å²) >= 11 is 0. The molecule has 3 nitrogen and oxygen atoms in total. The maximum absolute atomic E-state index is 11.9. The first-order valence-corrected chi connectivity index (χ1v) is 6.32. The largest absolute Gasteiger partial charge is 0.375 e. The van der Waals surface area contributed by atoms with E-state index in [1.54, 1.807) is 0 Å². The number of hydrogen-bond acceptors (Lipinski definition) is 2. The Balaban J connectivity index is 3.91. The van der Waals surface area contributed by atoms with Gasteiger partial charge in [0.05, 0.1) is 18.6 Å². The first kappa shape index (κ1) is 15.4. The zero-order chi connectivity index (χ0) is 12.6. The first-order chi connectivity index (χ1) is 7.40. The summed E-state index contributed by atoms with van der Waals surface area (Å²) in [6, 6.07) is 0. The molecule has 0 fully saturated rings. The molecule has 0 unspecified atom stereocenters. The van der Waals surface area contributed by atoms with Gasteiger partial charge in [-0.15, -0.1) is 0 Å². The lowest BCUT2D eigenvalue weighted by Gasteiger charge is -2.23. The third-order valence-electron chi connectivity index (χ3n) is 2.19. The van der Waals surface area contributed by atoms with E-state index in [1.165, 1.54) is 0 Å². The number of amides is 1. The Morgan fingerprint density at radius 3 is 2.00 bits per heavy atom. The highest BCUT2D eigenvalue weighted by molar-refractivity contribution is 5.76. The molecule has 0 aliphatic heterocycles. The number of carbonyl (C=O) groups excluding carboxylic acids is 1. The van der Waals surface area contributed by atoms with Crippen LogP contribution in [-0.2, 0) is 9.53 Å². The number of hydrogen-bond donors (Lipinski definition) is 0. The number of rotatable bonds is 7. The van der Waals surface area contributed by atoms with Crippen LogP contribution in [0.15, 0.2) is 0 Å². The van der Waals surface area contributed by atoms with Crippen molar-refractivity contribution in [3.63, 3.8) is 0 Å². The second-order valence-corrected chi connectivity index (χ2v) is 5.09. The maximum Gasteiger partial charge on any atom is 0.224 e. The van der Waals surface area contributed by atoms with Gasteiger partial charge in [0.1, 0.15) is 0 Å². The molecule has 0 heterocycles. The quantitative estimate of drug-likeness (QED) is 0.672. The molecular formula is C13H27NO2. The summed E-state index contributed by atoms with van der Waals surface area (Å²) in [4.78, 5) is 13.8. The van der Waals surface area contributed by atoms with Gasteiger partial charge in [0.2, 0.25) is 5.91 Å². The Morgan fingerprint density at radius 1 is 1.12 bits per heavy atom. The number of nitrogens with zero attached hydrogens (tertiary/aromatic N) is 1. The highest BCUT2D eigenvalue weighted by Gasteiger charge is 2.14. The van der Waals surface area contributed by atoms with Crippen molar-refractivity contribution in [3.8, 4) is 0 Å². The second-order valence-electron chi connectivity index (χ2n) is 5.09. The standard InChI is InChI=1S/C13H27NO2/c1-6-9-14(10-7-2)12(15)8-11-16-13(3,4)5/h6-11H2,1-5H3. The van der Waals surface area contributed by atoms with Gasteiger partial charge >= 0.3 is 0 Å². The second kappa shape index (κ2) is 7.66. The third kappa shape index (κ3) is 7.69. The monoisotopic (exact) mass is 229 g/mol. The normalized spacial score (nSPS) is 11.6. The van der Waals surface area contributed by atoms with Gasteiger partial charge in [-0.1, -0.05) is 13.8 Å². The van der Waals surface area contributed by atoms with Crippen LogP contribution in [0.1, 0.15) is 53.9 Å². The lowest BCUT2D eigenvalue weighted by molar-refractivity contribution is -0.133. The summed E-state index contributed by atoms with van der Waals surface area (Å²) in [6.07, 6.45) is 2.54. The van der Waals surface area contributed by atoms with Crippen molar-refractivity contribution >= 4 is 5.91 Å². The molecule has 0 saturated heterocycles. The summed E-state index contributed by atoms with van der Waals surface area (Å²) in [5.74, 6) is 0.216. The highest BCUT2D eigenvalue weighted by atomic mass is 16.5. The summed E-state index contributed by atoms with van der Waals surface area (Å²) in [7, 11) is 0. The van der Waals surface area contributed by atoms with Crippen molar-refractivity contribution < 1.29 is 9.53 Å². The van der Waals surface area contributed by atoms with Crippen molar-refractivity contribution in [2.45, 2.75) is 59.5 Å².